The third-order valence-corrected chi connectivity index (χ3v) is 11.3. The van der Waals surface area contributed by atoms with Crippen LogP contribution in [0.15, 0.2) is 170 Å². The van der Waals surface area contributed by atoms with E-state index in [1.807, 2.05) is 119 Å². The van der Waals surface area contributed by atoms with Crippen molar-refractivity contribution in [1.82, 2.24) is 9.13 Å². The van der Waals surface area contributed by atoms with Gasteiger partial charge in [0.25, 0.3) is 0 Å². The van der Waals surface area contributed by atoms with E-state index in [4.69, 9.17) is 6.57 Å². The van der Waals surface area contributed by atoms with Crippen LogP contribution in [-0.4, -0.2) is 9.13 Å². The molecule has 0 amide bonds. The summed E-state index contributed by atoms with van der Waals surface area (Å²) in [5, 5.41) is 14.7. The highest BCUT2D eigenvalue weighted by molar-refractivity contribution is 6.13. The van der Waals surface area contributed by atoms with Crippen molar-refractivity contribution in [2.24, 2.45) is 0 Å². The lowest BCUT2D eigenvalue weighted by Crippen LogP contribution is -2.09. The SMILES string of the molecule is [C-]#[N+]c1cccc(C(F)(F)F)c1-c1cc(-n2c3ccccc3c3cc(-c4ccc(C)cc4)ccc32)c(C#N)cc1-n1c2ccccc2c2cc(-c3ccccc3)ccc21. The van der Waals surface area contributed by atoms with E-state index in [0.717, 1.165) is 77.5 Å². The molecule has 280 valence electrons. The molecule has 10 rings (SSSR count). The average Bonchev–Trinajstić information content (AvgIpc) is 3.78. The molecule has 0 spiro atoms. The molecule has 2 aromatic heterocycles. The van der Waals surface area contributed by atoms with E-state index in [2.05, 4.69) is 47.3 Å². The molecular formula is C52H31F3N4. The van der Waals surface area contributed by atoms with Gasteiger partial charge < -0.3 is 9.13 Å². The molecule has 0 N–H and O–H groups in total. The third kappa shape index (κ3) is 5.75. The quantitative estimate of drug-likeness (QED) is 0.161. The van der Waals surface area contributed by atoms with Gasteiger partial charge in [0.05, 0.1) is 51.1 Å². The molecule has 0 aliphatic rings. The van der Waals surface area contributed by atoms with Crippen LogP contribution in [0.5, 0.6) is 0 Å². The van der Waals surface area contributed by atoms with Crippen molar-refractivity contribution >= 4 is 49.3 Å². The molecule has 0 radical (unpaired) electrons. The summed E-state index contributed by atoms with van der Waals surface area (Å²) in [4.78, 5) is 3.66. The molecule has 7 heteroatoms. The van der Waals surface area contributed by atoms with E-state index in [1.165, 1.54) is 12.1 Å². The number of alkyl halides is 3. The number of rotatable bonds is 5. The van der Waals surface area contributed by atoms with Gasteiger partial charge in [-0.15, -0.1) is 0 Å². The molecule has 0 saturated carbocycles. The highest BCUT2D eigenvalue weighted by Gasteiger charge is 2.36. The van der Waals surface area contributed by atoms with Crippen LogP contribution in [0.2, 0.25) is 0 Å². The molecule has 0 aliphatic carbocycles. The minimum atomic E-state index is -4.79. The maximum atomic E-state index is 15.2. The van der Waals surface area contributed by atoms with E-state index in [-0.39, 0.29) is 22.4 Å². The smallest absolute Gasteiger partial charge is 0.309 e. The van der Waals surface area contributed by atoms with E-state index < -0.39 is 11.7 Å². The number of aryl methyl sites for hydroxylation is 1. The Kier molecular flexibility index (Phi) is 8.23. The number of hydrogen-bond donors (Lipinski definition) is 0. The Bertz CT molecular complexity index is 3390. The van der Waals surface area contributed by atoms with Crippen LogP contribution in [0.1, 0.15) is 16.7 Å². The van der Waals surface area contributed by atoms with Crippen molar-refractivity contribution in [3.63, 3.8) is 0 Å². The second-order valence-electron chi connectivity index (χ2n) is 14.7. The average molecular weight is 769 g/mol. The molecule has 0 saturated heterocycles. The summed E-state index contributed by atoms with van der Waals surface area (Å²) < 4.78 is 49.5. The van der Waals surface area contributed by atoms with Gasteiger partial charge in [0.1, 0.15) is 6.07 Å². The van der Waals surface area contributed by atoms with Crippen LogP contribution < -0.4 is 0 Å². The van der Waals surface area contributed by atoms with Crippen molar-refractivity contribution in [2.75, 3.05) is 0 Å². The van der Waals surface area contributed by atoms with Crippen LogP contribution in [0, 0.1) is 24.8 Å². The lowest BCUT2D eigenvalue weighted by Gasteiger charge is -2.22. The number of aromatic nitrogens is 2. The molecule has 2 heterocycles. The number of para-hydroxylation sites is 2. The fraction of sp³-hybridized carbons (Fsp3) is 0.0385. The Labute approximate surface area is 337 Å². The van der Waals surface area contributed by atoms with Gasteiger partial charge in [-0.3, -0.25) is 0 Å². The van der Waals surface area contributed by atoms with Crippen LogP contribution >= 0.6 is 0 Å². The third-order valence-electron chi connectivity index (χ3n) is 11.3. The van der Waals surface area contributed by atoms with Crippen molar-refractivity contribution in [2.45, 2.75) is 13.1 Å². The first kappa shape index (κ1) is 35.5. The standard InChI is InChI=1S/C52H31F3N4/c1-32-19-21-34(22-20-32)36-24-25-47-40(28-36)38-13-6-8-17-45(38)58(47)49-30-42(51-43(52(53,54)55)15-10-16-44(51)57-2)50(29-37(49)31-56)59-46-18-9-7-14-39(46)41-27-35(23-26-48(41)59)33-11-4-3-5-12-33/h3-30H,1H3. The summed E-state index contributed by atoms with van der Waals surface area (Å²) in [6.07, 6.45) is -4.79. The second kappa shape index (κ2) is 13.7. The number of nitrogens with zero attached hydrogens (tertiary/aromatic N) is 4. The largest absolute Gasteiger partial charge is 0.415 e. The number of benzene rings is 8. The molecule has 0 bridgehead atoms. The predicted octanol–water partition coefficient (Wildman–Crippen LogP) is 14.6. The van der Waals surface area contributed by atoms with Crippen molar-refractivity contribution in [1.29, 1.82) is 5.26 Å². The number of nitriles is 1. The maximum Gasteiger partial charge on any atom is 0.415 e. The van der Waals surface area contributed by atoms with Gasteiger partial charge in [0.15, 0.2) is 5.69 Å². The molecule has 4 nitrogen and oxygen atoms in total. The summed E-state index contributed by atoms with van der Waals surface area (Å²) in [6.45, 7) is 10.2. The van der Waals surface area contributed by atoms with Gasteiger partial charge in [0.2, 0.25) is 0 Å². The number of halogens is 3. The zero-order chi connectivity index (χ0) is 40.4. The molecular weight excluding hydrogens is 738 g/mol. The van der Waals surface area contributed by atoms with Gasteiger partial charge in [-0.25, -0.2) is 4.85 Å². The Hall–Kier alpha value is -7.87. The molecule has 59 heavy (non-hydrogen) atoms. The molecule has 0 aliphatic heterocycles. The van der Waals surface area contributed by atoms with Crippen LogP contribution in [0.3, 0.4) is 0 Å². The molecule has 0 fully saturated rings. The normalized spacial score (nSPS) is 11.7. The number of hydrogen-bond acceptors (Lipinski definition) is 1. The summed E-state index contributed by atoms with van der Waals surface area (Å²) in [6, 6.07) is 55.6. The lowest BCUT2D eigenvalue weighted by molar-refractivity contribution is -0.137. The minimum absolute atomic E-state index is 0.145. The van der Waals surface area contributed by atoms with E-state index in [9.17, 15) is 5.26 Å². The predicted molar refractivity (Wildman–Crippen MR) is 232 cm³/mol. The maximum absolute atomic E-state index is 15.2. The van der Waals surface area contributed by atoms with Crippen molar-refractivity contribution in [3.8, 4) is 50.8 Å². The molecule has 8 aromatic carbocycles. The summed E-state index contributed by atoms with van der Waals surface area (Å²) >= 11 is 0. The van der Waals surface area contributed by atoms with Gasteiger partial charge in [0, 0.05) is 27.1 Å². The van der Waals surface area contributed by atoms with Gasteiger partial charge in [-0.1, -0.05) is 127 Å². The molecule has 10 aromatic rings. The van der Waals surface area contributed by atoms with Crippen LogP contribution in [0.4, 0.5) is 18.9 Å². The Morgan fingerprint density at radius 1 is 0.525 bits per heavy atom. The molecule has 0 atom stereocenters. The Morgan fingerprint density at radius 3 is 1.63 bits per heavy atom. The molecule has 0 unspecified atom stereocenters. The first-order chi connectivity index (χ1) is 28.7. The monoisotopic (exact) mass is 768 g/mol. The van der Waals surface area contributed by atoms with E-state index >= 15 is 13.2 Å². The van der Waals surface area contributed by atoms with E-state index in [0.29, 0.717) is 11.4 Å². The summed E-state index contributed by atoms with van der Waals surface area (Å²) in [5.41, 5.74) is 8.19. The summed E-state index contributed by atoms with van der Waals surface area (Å²) in [5.74, 6) is 0. The fourth-order valence-electron chi connectivity index (χ4n) is 8.59. The fourth-order valence-corrected chi connectivity index (χ4v) is 8.59. The van der Waals surface area contributed by atoms with Crippen LogP contribution in [-0.2, 0) is 6.18 Å². The highest BCUT2D eigenvalue weighted by Crippen LogP contribution is 2.48. The summed E-state index contributed by atoms with van der Waals surface area (Å²) in [7, 11) is 0. The highest BCUT2D eigenvalue weighted by atomic mass is 19.4. The second-order valence-corrected chi connectivity index (χ2v) is 14.7. The zero-order valence-corrected chi connectivity index (χ0v) is 31.6. The first-order valence-corrected chi connectivity index (χ1v) is 19.1. The Morgan fingerprint density at radius 2 is 1.05 bits per heavy atom. The first-order valence-electron chi connectivity index (χ1n) is 19.1. The topological polar surface area (TPSA) is 38.0 Å². The Balaban J connectivity index is 1.32. The van der Waals surface area contributed by atoms with Crippen LogP contribution in [0.25, 0.3) is 93.2 Å². The zero-order valence-electron chi connectivity index (χ0n) is 31.6. The lowest BCUT2D eigenvalue weighted by atomic mass is 9.93. The van der Waals surface area contributed by atoms with Gasteiger partial charge in [-0.05, 0) is 83.3 Å². The van der Waals surface area contributed by atoms with Gasteiger partial charge in [-0.2, -0.15) is 18.4 Å². The van der Waals surface area contributed by atoms with Crippen molar-refractivity contribution < 1.29 is 13.2 Å². The van der Waals surface area contributed by atoms with Gasteiger partial charge >= 0.3 is 6.18 Å². The van der Waals surface area contributed by atoms with E-state index in [1.54, 1.807) is 12.1 Å². The minimum Gasteiger partial charge on any atom is -0.309 e. The number of fused-ring (bicyclic) bond motifs is 6. The van der Waals surface area contributed by atoms with Crippen molar-refractivity contribution in [3.05, 3.63) is 198 Å².